The van der Waals surface area contributed by atoms with Gasteiger partial charge in [-0.3, -0.25) is 4.79 Å². The fourth-order valence-electron chi connectivity index (χ4n) is 0.458. The molecule has 0 aliphatic heterocycles. The van der Waals surface area contributed by atoms with Gasteiger partial charge in [0.2, 0.25) is 5.91 Å². The maximum absolute atomic E-state index is 10.5. The molecule has 0 fully saturated rings. The van der Waals surface area contributed by atoms with Gasteiger partial charge in [0.15, 0.2) is 0 Å². The van der Waals surface area contributed by atoms with Crippen molar-refractivity contribution in [3.05, 3.63) is 11.2 Å². The molecule has 1 amide bonds. The molecule has 3 nitrogen and oxygen atoms in total. The molecular formula is C6H12N2OS. The highest BCUT2D eigenvalue weighted by molar-refractivity contribution is 8.01. The van der Waals surface area contributed by atoms with Gasteiger partial charge in [-0.2, -0.15) is 0 Å². The van der Waals surface area contributed by atoms with Crippen molar-refractivity contribution >= 4 is 17.7 Å². The van der Waals surface area contributed by atoms with Gasteiger partial charge in [-0.05, 0) is 6.26 Å². The number of hydrogen-bond donors (Lipinski definition) is 2. The van der Waals surface area contributed by atoms with Crippen LogP contribution in [0.1, 0.15) is 6.92 Å². The van der Waals surface area contributed by atoms with E-state index < -0.39 is 0 Å². The molecule has 2 N–H and O–H groups in total. The van der Waals surface area contributed by atoms with Crippen molar-refractivity contribution in [1.82, 2.24) is 10.6 Å². The second-order valence-electron chi connectivity index (χ2n) is 1.70. The Morgan fingerprint density at radius 1 is 1.60 bits per heavy atom. The molecule has 0 atom stereocenters. The molecule has 0 unspecified atom stereocenters. The summed E-state index contributed by atoms with van der Waals surface area (Å²) in [5.74, 6) is 0.676. The van der Waals surface area contributed by atoms with Crippen molar-refractivity contribution in [2.75, 3.05) is 13.3 Å². The number of amides is 1. The van der Waals surface area contributed by atoms with Crippen LogP contribution in [-0.2, 0) is 4.79 Å². The van der Waals surface area contributed by atoms with Gasteiger partial charge in [-0.1, -0.05) is 0 Å². The predicted molar refractivity (Wildman–Crippen MR) is 44.5 cm³/mol. The van der Waals surface area contributed by atoms with Crippen molar-refractivity contribution in [2.24, 2.45) is 0 Å². The summed E-state index contributed by atoms with van der Waals surface area (Å²) < 4.78 is 0. The molecule has 0 aromatic rings. The largest absolute Gasteiger partial charge is 0.374 e. The third kappa shape index (κ3) is 4.26. The molecule has 58 valence electrons. The normalized spacial score (nSPS) is 10.9. The van der Waals surface area contributed by atoms with E-state index in [1.807, 2.05) is 11.7 Å². The van der Waals surface area contributed by atoms with Crippen LogP contribution in [0.4, 0.5) is 0 Å². The zero-order valence-electron chi connectivity index (χ0n) is 6.39. The first-order chi connectivity index (χ1) is 4.70. The summed E-state index contributed by atoms with van der Waals surface area (Å²) >= 11 is 1.54. The van der Waals surface area contributed by atoms with Gasteiger partial charge in [0.1, 0.15) is 5.82 Å². The fraction of sp³-hybridized carbons (Fsp3) is 0.500. The standard InChI is InChI=1S/C6H12N2OS/c1-5(9)8-6(7-2)4-10-3/h4,7H,1-3H3,(H,8,9)/b6-4+. The molecule has 10 heavy (non-hydrogen) atoms. The summed E-state index contributed by atoms with van der Waals surface area (Å²) in [5, 5.41) is 7.30. The molecule has 0 saturated heterocycles. The Morgan fingerprint density at radius 2 is 2.20 bits per heavy atom. The fourth-order valence-corrected chi connectivity index (χ4v) is 0.871. The van der Waals surface area contributed by atoms with Gasteiger partial charge in [-0.25, -0.2) is 0 Å². The van der Waals surface area contributed by atoms with Crippen LogP contribution in [0.2, 0.25) is 0 Å². The molecule has 0 aromatic carbocycles. The lowest BCUT2D eigenvalue weighted by molar-refractivity contribution is -0.118. The van der Waals surface area contributed by atoms with E-state index in [1.165, 1.54) is 18.7 Å². The third-order valence-electron chi connectivity index (χ3n) is 0.816. The molecule has 0 heterocycles. The minimum Gasteiger partial charge on any atom is -0.374 e. The molecule has 0 bridgehead atoms. The monoisotopic (exact) mass is 160 g/mol. The van der Waals surface area contributed by atoms with Crippen LogP contribution in [0.15, 0.2) is 11.2 Å². The van der Waals surface area contributed by atoms with Gasteiger partial charge in [-0.15, -0.1) is 11.8 Å². The van der Waals surface area contributed by atoms with Crippen LogP contribution < -0.4 is 10.6 Å². The zero-order chi connectivity index (χ0) is 7.98. The second-order valence-corrected chi connectivity index (χ2v) is 2.41. The molecule has 0 aliphatic carbocycles. The van der Waals surface area contributed by atoms with Crippen molar-refractivity contribution in [2.45, 2.75) is 6.92 Å². The first kappa shape index (κ1) is 9.36. The summed E-state index contributed by atoms with van der Waals surface area (Å²) in [6.07, 6.45) is 1.93. The first-order valence-electron chi connectivity index (χ1n) is 2.89. The lowest BCUT2D eigenvalue weighted by atomic mass is 10.6. The van der Waals surface area contributed by atoms with E-state index in [9.17, 15) is 4.79 Å². The van der Waals surface area contributed by atoms with Crippen molar-refractivity contribution in [1.29, 1.82) is 0 Å². The predicted octanol–water partition coefficient (Wildman–Crippen LogP) is 0.504. The topological polar surface area (TPSA) is 41.1 Å². The van der Waals surface area contributed by atoms with Gasteiger partial charge >= 0.3 is 0 Å². The number of carbonyl (C=O) groups excluding carboxylic acids is 1. The summed E-state index contributed by atoms with van der Waals surface area (Å²) in [6.45, 7) is 1.48. The highest BCUT2D eigenvalue weighted by atomic mass is 32.2. The average molecular weight is 160 g/mol. The number of nitrogens with one attached hydrogen (secondary N) is 2. The van der Waals surface area contributed by atoms with Crippen LogP contribution in [0.5, 0.6) is 0 Å². The van der Waals surface area contributed by atoms with Gasteiger partial charge in [0.25, 0.3) is 0 Å². The highest BCUT2D eigenvalue weighted by Gasteiger charge is 1.93. The molecule has 0 spiro atoms. The summed E-state index contributed by atoms with van der Waals surface area (Å²) in [4.78, 5) is 10.5. The molecular weight excluding hydrogens is 148 g/mol. The maximum atomic E-state index is 10.5. The molecule has 0 saturated carbocycles. The SMILES string of the molecule is CN/C(=C\SC)NC(C)=O. The lowest BCUT2D eigenvalue weighted by Crippen LogP contribution is -2.26. The maximum Gasteiger partial charge on any atom is 0.222 e. The van der Waals surface area contributed by atoms with Gasteiger partial charge < -0.3 is 10.6 Å². The number of rotatable bonds is 3. The molecule has 0 radical (unpaired) electrons. The Labute approximate surface area is 65.3 Å². The Bertz CT molecular complexity index is 145. The highest BCUT2D eigenvalue weighted by Crippen LogP contribution is 1.95. The van der Waals surface area contributed by atoms with Gasteiger partial charge in [0.05, 0.1) is 0 Å². The quantitative estimate of drug-likeness (QED) is 0.632. The van der Waals surface area contributed by atoms with Gasteiger partial charge in [0, 0.05) is 19.4 Å². The molecule has 4 heteroatoms. The Hall–Kier alpha value is -0.640. The smallest absolute Gasteiger partial charge is 0.222 e. The van der Waals surface area contributed by atoms with Crippen LogP contribution in [0.25, 0.3) is 0 Å². The number of thioether (sulfide) groups is 1. The third-order valence-corrected chi connectivity index (χ3v) is 1.29. The van der Waals surface area contributed by atoms with E-state index in [-0.39, 0.29) is 5.91 Å². The van der Waals surface area contributed by atoms with E-state index in [1.54, 1.807) is 7.05 Å². The van der Waals surface area contributed by atoms with E-state index in [0.29, 0.717) is 0 Å². The zero-order valence-corrected chi connectivity index (χ0v) is 7.21. The Kier molecular flexibility index (Phi) is 4.84. The summed E-state index contributed by atoms with van der Waals surface area (Å²) in [6, 6.07) is 0. The van der Waals surface area contributed by atoms with Crippen LogP contribution in [-0.4, -0.2) is 19.2 Å². The lowest BCUT2D eigenvalue weighted by Gasteiger charge is -2.04. The van der Waals surface area contributed by atoms with E-state index in [4.69, 9.17) is 0 Å². The van der Waals surface area contributed by atoms with Crippen LogP contribution in [0.3, 0.4) is 0 Å². The second kappa shape index (κ2) is 5.17. The van der Waals surface area contributed by atoms with E-state index in [0.717, 1.165) is 5.82 Å². The van der Waals surface area contributed by atoms with Crippen LogP contribution in [0, 0.1) is 0 Å². The molecule has 0 rings (SSSR count). The summed E-state index contributed by atoms with van der Waals surface area (Å²) in [7, 11) is 1.76. The van der Waals surface area contributed by atoms with Crippen LogP contribution >= 0.6 is 11.8 Å². The Morgan fingerprint density at radius 3 is 2.50 bits per heavy atom. The minimum absolute atomic E-state index is 0.0605. The van der Waals surface area contributed by atoms with E-state index in [2.05, 4.69) is 10.6 Å². The van der Waals surface area contributed by atoms with E-state index >= 15 is 0 Å². The molecule has 0 aromatic heterocycles. The first-order valence-corrected chi connectivity index (χ1v) is 4.17. The minimum atomic E-state index is -0.0605. The average Bonchev–Trinajstić information content (AvgIpc) is 1.86. The molecule has 0 aliphatic rings. The number of hydrogen-bond acceptors (Lipinski definition) is 3. The summed E-state index contributed by atoms with van der Waals surface area (Å²) in [5.41, 5.74) is 0. The Balaban J connectivity index is 3.83. The number of carbonyl (C=O) groups is 1. The van der Waals surface area contributed by atoms with Crippen molar-refractivity contribution in [3.63, 3.8) is 0 Å². The van der Waals surface area contributed by atoms with Crippen molar-refractivity contribution in [3.8, 4) is 0 Å². The van der Waals surface area contributed by atoms with Crippen molar-refractivity contribution < 1.29 is 4.79 Å².